The number of nitrogens with zero attached hydrogens (tertiary/aromatic N) is 4. The smallest absolute Gasteiger partial charge is 0.223 e. The molecular formula is C17H27N5O. The van der Waals surface area contributed by atoms with Gasteiger partial charge in [0.25, 0.3) is 0 Å². The zero-order valence-electron chi connectivity index (χ0n) is 13.9. The maximum atomic E-state index is 12.4. The molecule has 0 radical (unpaired) electrons. The summed E-state index contributed by atoms with van der Waals surface area (Å²) in [5.74, 6) is 1.40. The number of hydrogen-bond donors (Lipinski definition) is 1. The Hall–Kier alpha value is -1.69. The molecule has 1 aliphatic heterocycles. The molecule has 1 saturated heterocycles. The molecule has 6 nitrogen and oxygen atoms in total. The van der Waals surface area contributed by atoms with Crippen LogP contribution in [0.3, 0.4) is 0 Å². The van der Waals surface area contributed by atoms with Crippen LogP contribution in [0.15, 0.2) is 18.3 Å². The molecule has 1 amide bonds. The summed E-state index contributed by atoms with van der Waals surface area (Å²) in [5.41, 5.74) is 0.977. The normalized spacial score (nSPS) is 22.0. The van der Waals surface area contributed by atoms with Gasteiger partial charge in [0, 0.05) is 38.8 Å². The first-order valence-electron chi connectivity index (χ1n) is 8.72. The number of amides is 1. The van der Waals surface area contributed by atoms with E-state index in [1.54, 1.807) is 0 Å². The maximum Gasteiger partial charge on any atom is 0.223 e. The van der Waals surface area contributed by atoms with Gasteiger partial charge >= 0.3 is 0 Å². The molecular weight excluding hydrogens is 290 g/mol. The predicted molar refractivity (Wildman–Crippen MR) is 88.6 cm³/mol. The summed E-state index contributed by atoms with van der Waals surface area (Å²) in [6, 6.07) is 0. The second kappa shape index (κ2) is 7.73. The van der Waals surface area contributed by atoms with Crippen molar-refractivity contribution in [3.63, 3.8) is 0 Å². The number of rotatable bonds is 6. The lowest BCUT2D eigenvalue weighted by Gasteiger charge is -2.32. The van der Waals surface area contributed by atoms with Crippen molar-refractivity contribution in [1.29, 1.82) is 0 Å². The van der Waals surface area contributed by atoms with Gasteiger partial charge in [0.1, 0.15) is 0 Å². The number of carbonyl (C=O) groups is 1. The highest BCUT2D eigenvalue weighted by atomic mass is 16.2. The summed E-state index contributed by atoms with van der Waals surface area (Å²) in [6.07, 6.45) is 11.5. The zero-order valence-corrected chi connectivity index (χ0v) is 13.9. The van der Waals surface area contributed by atoms with E-state index < -0.39 is 0 Å². The van der Waals surface area contributed by atoms with E-state index in [4.69, 9.17) is 0 Å². The summed E-state index contributed by atoms with van der Waals surface area (Å²) in [7, 11) is 1.91. The van der Waals surface area contributed by atoms with E-state index >= 15 is 0 Å². The lowest BCUT2D eigenvalue weighted by atomic mass is 9.95. The second-order valence-corrected chi connectivity index (χ2v) is 6.76. The summed E-state index contributed by atoms with van der Waals surface area (Å²) >= 11 is 0. The minimum Gasteiger partial charge on any atom is -0.343 e. The Balaban J connectivity index is 1.42. The summed E-state index contributed by atoms with van der Waals surface area (Å²) < 4.78 is 1.94. The number of allylic oxidation sites excluding steroid dienone is 2. The van der Waals surface area contributed by atoms with Gasteiger partial charge in [-0.2, -0.15) is 0 Å². The monoisotopic (exact) mass is 317 g/mol. The van der Waals surface area contributed by atoms with Crippen molar-refractivity contribution in [3.8, 4) is 0 Å². The fourth-order valence-corrected chi connectivity index (χ4v) is 3.54. The number of piperidine rings is 1. The Labute approximate surface area is 137 Å². The van der Waals surface area contributed by atoms with E-state index in [9.17, 15) is 4.79 Å². The van der Waals surface area contributed by atoms with Crippen molar-refractivity contribution in [2.75, 3.05) is 20.1 Å². The lowest BCUT2D eigenvalue weighted by Crippen LogP contribution is -2.39. The average Bonchev–Trinajstić information content (AvgIpc) is 3.21. The maximum absolute atomic E-state index is 12.4. The van der Waals surface area contributed by atoms with Crippen molar-refractivity contribution < 1.29 is 4.79 Å². The molecule has 23 heavy (non-hydrogen) atoms. The molecule has 0 spiro atoms. The molecule has 1 aromatic rings. The number of hydrogen-bond acceptors (Lipinski definition) is 4. The van der Waals surface area contributed by atoms with Gasteiger partial charge in [0.05, 0.1) is 5.69 Å². The second-order valence-electron chi connectivity index (χ2n) is 6.76. The van der Waals surface area contributed by atoms with Crippen molar-refractivity contribution in [3.05, 3.63) is 24.0 Å². The van der Waals surface area contributed by atoms with E-state index in [-0.39, 0.29) is 0 Å². The molecule has 3 rings (SSSR count). The van der Waals surface area contributed by atoms with Crippen molar-refractivity contribution in [1.82, 2.24) is 25.2 Å². The van der Waals surface area contributed by atoms with Gasteiger partial charge in [-0.05, 0) is 44.6 Å². The van der Waals surface area contributed by atoms with Crippen LogP contribution in [0.5, 0.6) is 0 Å². The highest BCUT2D eigenvalue weighted by Crippen LogP contribution is 2.24. The minimum atomic E-state index is 0.331. The van der Waals surface area contributed by atoms with Gasteiger partial charge < -0.3 is 10.2 Å². The zero-order chi connectivity index (χ0) is 16.1. The van der Waals surface area contributed by atoms with Crippen LogP contribution in [0.25, 0.3) is 0 Å². The van der Waals surface area contributed by atoms with E-state index in [0.717, 1.165) is 57.6 Å². The van der Waals surface area contributed by atoms with Gasteiger partial charge in [-0.1, -0.05) is 17.4 Å². The molecule has 1 aromatic heterocycles. The van der Waals surface area contributed by atoms with E-state index in [1.165, 1.54) is 0 Å². The van der Waals surface area contributed by atoms with Crippen LogP contribution in [-0.2, 0) is 17.9 Å². The fourth-order valence-electron chi connectivity index (χ4n) is 3.54. The average molecular weight is 317 g/mol. The molecule has 126 valence electrons. The lowest BCUT2D eigenvalue weighted by molar-refractivity contribution is -0.133. The molecule has 0 unspecified atom stereocenters. The molecule has 2 aliphatic rings. The first kappa shape index (κ1) is 16.2. The van der Waals surface area contributed by atoms with Gasteiger partial charge in [-0.15, -0.1) is 5.10 Å². The molecule has 0 saturated carbocycles. The van der Waals surface area contributed by atoms with E-state index in [2.05, 4.69) is 32.7 Å². The molecule has 6 heteroatoms. The van der Waals surface area contributed by atoms with Crippen LogP contribution < -0.4 is 5.32 Å². The molecule has 1 atom stereocenters. The molecule has 1 fully saturated rings. The number of carbonyl (C=O) groups excluding carboxylic acids is 1. The molecule has 1 aliphatic carbocycles. The Morgan fingerprint density at radius 2 is 2.17 bits per heavy atom. The topological polar surface area (TPSA) is 63.1 Å². The van der Waals surface area contributed by atoms with Crippen LogP contribution in [0.4, 0.5) is 0 Å². The van der Waals surface area contributed by atoms with Gasteiger partial charge in [0.15, 0.2) is 0 Å². The van der Waals surface area contributed by atoms with Crippen LogP contribution in [0, 0.1) is 11.8 Å². The van der Waals surface area contributed by atoms with Gasteiger partial charge in [-0.3, -0.25) is 9.48 Å². The number of likely N-dealkylation sites (tertiary alicyclic amines) is 1. The summed E-state index contributed by atoms with van der Waals surface area (Å²) in [6.45, 7) is 3.43. The van der Waals surface area contributed by atoms with Crippen LogP contribution in [0.1, 0.15) is 37.8 Å². The molecule has 1 N–H and O–H groups in total. The standard InChI is InChI=1S/C17H27N5O/c1-18-11-16-13-22(20-19-16)12-15-6-8-21(9-7-15)17(23)10-14-4-2-3-5-14/h2,4,13-15,18H,3,5-12H2,1H3/t14-/m1/s1. The summed E-state index contributed by atoms with van der Waals surface area (Å²) in [5, 5.41) is 11.4. The SMILES string of the molecule is CNCc1cn(CC2CCN(C(=O)C[C@@H]3C=CCC3)CC2)nn1. The number of aromatic nitrogens is 3. The Bertz CT molecular complexity index is 545. The van der Waals surface area contributed by atoms with Crippen LogP contribution >= 0.6 is 0 Å². The quantitative estimate of drug-likeness (QED) is 0.809. The van der Waals surface area contributed by atoms with Crippen molar-refractivity contribution >= 4 is 5.91 Å². The largest absolute Gasteiger partial charge is 0.343 e. The first-order valence-corrected chi connectivity index (χ1v) is 8.72. The molecule has 2 heterocycles. The van der Waals surface area contributed by atoms with Crippen molar-refractivity contribution in [2.24, 2.45) is 11.8 Å². The third-order valence-electron chi connectivity index (χ3n) is 4.91. The predicted octanol–water partition coefficient (Wildman–Crippen LogP) is 1.59. The van der Waals surface area contributed by atoms with E-state index in [1.807, 2.05) is 17.9 Å². The third-order valence-corrected chi connectivity index (χ3v) is 4.91. The first-order chi connectivity index (χ1) is 11.2. The van der Waals surface area contributed by atoms with Gasteiger partial charge in [-0.25, -0.2) is 0 Å². The highest BCUT2D eigenvalue weighted by molar-refractivity contribution is 5.76. The third kappa shape index (κ3) is 4.41. The Kier molecular flexibility index (Phi) is 5.43. The van der Waals surface area contributed by atoms with Crippen molar-refractivity contribution in [2.45, 2.75) is 45.2 Å². The highest BCUT2D eigenvalue weighted by Gasteiger charge is 2.25. The fraction of sp³-hybridized carbons (Fsp3) is 0.706. The Morgan fingerprint density at radius 3 is 2.87 bits per heavy atom. The number of nitrogens with one attached hydrogen (secondary N) is 1. The molecule has 0 aromatic carbocycles. The van der Waals surface area contributed by atoms with Crippen LogP contribution in [-0.4, -0.2) is 45.9 Å². The van der Waals surface area contributed by atoms with Crippen LogP contribution in [0.2, 0.25) is 0 Å². The minimum absolute atomic E-state index is 0.331. The van der Waals surface area contributed by atoms with Gasteiger partial charge in [0.2, 0.25) is 5.91 Å². The molecule has 0 bridgehead atoms. The Morgan fingerprint density at radius 1 is 1.35 bits per heavy atom. The summed E-state index contributed by atoms with van der Waals surface area (Å²) in [4.78, 5) is 14.4. The van der Waals surface area contributed by atoms with E-state index in [0.29, 0.717) is 24.2 Å².